The molecule has 3 nitrogen and oxygen atoms in total. The second-order valence-electron chi connectivity index (χ2n) is 11.6. The second-order valence-corrected chi connectivity index (χ2v) is 11.6. The van der Waals surface area contributed by atoms with Crippen molar-refractivity contribution in [3.05, 3.63) is 35.5 Å². The van der Waals surface area contributed by atoms with Gasteiger partial charge in [-0.05, 0) is 79.1 Å². The van der Waals surface area contributed by atoms with E-state index in [4.69, 9.17) is 4.74 Å². The molecule has 0 saturated heterocycles. The summed E-state index contributed by atoms with van der Waals surface area (Å²) in [6.45, 7) is 13.9. The number of hydrogen-bond acceptors (Lipinski definition) is 3. The molecule has 0 aromatic rings. The monoisotopic (exact) mass is 426 g/mol. The molecule has 0 aromatic heterocycles. The topological polar surface area (TPSA) is 46.5 Å². The Balaban J connectivity index is 1.60. The lowest BCUT2D eigenvalue weighted by Crippen LogP contribution is -2.52. The molecule has 1 aliphatic heterocycles. The lowest BCUT2D eigenvalue weighted by molar-refractivity contribution is -0.149. The maximum atomic E-state index is 12.1. The molecule has 0 spiro atoms. The van der Waals surface area contributed by atoms with Gasteiger partial charge >= 0.3 is 5.97 Å². The number of allylic oxidation sites excluding steroid dienone is 2. The molecular formula is C28H42O3. The van der Waals surface area contributed by atoms with Crippen LogP contribution in [0.2, 0.25) is 0 Å². The molecule has 4 rings (SSSR count). The Kier molecular flexibility index (Phi) is 6.29. The largest absolute Gasteiger partial charge is 0.457 e. The quantitative estimate of drug-likeness (QED) is 0.437. The van der Waals surface area contributed by atoms with Crippen LogP contribution in [0.15, 0.2) is 35.5 Å². The maximum Gasteiger partial charge on any atom is 0.310 e. The van der Waals surface area contributed by atoms with E-state index in [1.165, 1.54) is 18.4 Å². The molecule has 0 amide bonds. The second kappa shape index (κ2) is 8.54. The van der Waals surface area contributed by atoms with Crippen molar-refractivity contribution in [1.29, 1.82) is 0 Å². The lowest BCUT2D eigenvalue weighted by Gasteiger charge is -2.54. The van der Waals surface area contributed by atoms with Crippen LogP contribution in [0.4, 0.5) is 0 Å². The van der Waals surface area contributed by atoms with Gasteiger partial charge in [-0.3, -0.25) is 4.79 Å². The van der Waals surface area contributed by atoms with Crippen LogP contribution in [0.1, 0.15) is 73.6 Å². The summed E-state index contributed by atoms with van der Waals surface area (Å²) in [6, 6.07) is 0. The minimum atomic E-state index is -0.307. The highest BCUT2D eigenvalue weighted by Crippen LogP contribution is 2.64. The zero-order valence-electron chi connectivity index (χ0n) is 20.3. The fourth-order valence-corrected chi connectivity index (χ4v) is 7.56. The van der Waals surface area contributed by atoms with Gasteiger partial charge < -0.3 is 9.84 Å². The molecule has 9 atom stereocenters. The molecule has 172 valence electrons. The van der Waals surface area contributed by atoms with Crippen molar-refractivity contribution in [3.63, 3.8) is 0 Å². The predicted octanol–water partition coefficient (Wildman–Crippen LogP) is 6.09. The van der Waals surface area contributed by atoms with Crippen molar-refractivity contribution in [3.8, 4) is 0 Å². The minimum absolute atomic E-state index is 0.121. The third-order valence-corrected chi connectivity index (χ3v) is 9.57. The Morgan fingerprint density at radius 1 is 1.19 bits per heavy atom. The lowest BCUT2D eigenvalue weighted by atomic mass is 9.52. The van der Waals surface area contributed by atoms with E-state index in [1.54, 1.807) is 0 Å². The van der Waals surface area contributed by atoms with Gasteiger partial charge in [0.05, 0.1) is 12.5 Å². The smallest absolute Gasteiger partial charge is 0.310 e. The number of esters is 1. The van der Waals surface area contributed by atoms with Crippen LogP contribution in [0.25, 0.3) is 0 Å². The Labute approximate surface area is 189 Å². The number of hydrogen-bond donors (Lipinski definition) is 1. The van der Waals surface area contributed by atoms with Gasteiger partial charge in [0.25, 0.3) is 0 Å². The van der Waals surface area contributed by atoms with Gasteiger partial charge in [0, 0.05) is 5.92 Å². The molecular weight excluding hydrogens is 384 g/mol. The zero-order valence-corrected chi connectivity index (χ0v) is 20.3. The zero-order chi connectivity index (χ0) is 22.5. The molecule has 0 radical (unpaired) electrons. The van der Waals surface area contributed by atoms with E-state index < -0.39 is 0 Å². The minimum Gasteiger partial charge on any atom is -0.457 e. The summed E-state index contributed by atoms with van der Waals surface area (Å²) in [5.41, 5.74) is 2.54. The first kappa shape index (κ1) is 22.8. The highest BCUT2D eigenvalue weighted by molar-refractivity contribution is 5.73. The average molecular weight is 427 g/mol. The number of carbonyl (C=O) groups is 1. The Morgan fingerprint density at radius 3 is 2.65 bits per heavy atom. The molecule has 2 fully saturated rings. The number of carbonyl (C=O) groups excluding carboxylic acids is 1. The van der Waals surface area contributed by atoms with Gasteiger partial charge in [-0.2, -0.15) is 0 Å². The molecule has 0 bridgehead atoms. The fourth-order valence-electron chi connectivity index (χ4n) is 7.56. The molecule has 1 heterocycles. The highest BCUT2D eigenvalue weighted by Gasteiger charge is 2.59. The first-order valence-electron chi connectivity index (χ1n) is 12.6. The summed E-state index contributed by atoms with van der Waals surface area (Å²) in [4.78, 5) is 12.1. The van der Waals surface area contributed by atoms with Crippen LogP contribution in [0, 0.1) is 46.8 Å². The number of fused-ring (bicyclic) bond motifs is 4. The molecule has 3 aliphatic carbocycles. The van der Waals surface area contributed by atoms with Gasteiger partial charge in [0.15, 0.2) is 0 Å². The number of aliphatic hydroxyl groups excluding tert-OH is 1. The first-order chi connectivity index (χ1) is 14.6. The van der Waals surface area contributed by atoms with E-state index in [-0.39, 0.29) is 29.5 Å². The van der Waals surface area contributed by atoms with Crippen LogP contribution in [0.5, 0.6) is 0 Å². The van der Waals surface area contributed by atoms with Gasteiger partial charge in [0.1, 0.15) is 6.10 Å². The third kappa shape index (κ3) is 3.96. The van der Waals surface area contributed by atoms with Gasteiger partial charge in [-0.25, -0.2) is 0 Å². The molecule has 3 heteroatoms. The molecule has 3 unspecified atom stereocenters. The third-order valence-electron chi connectivity index (χ3n) is 9.57. The molecule has 1 N–H and O–H groups in total. The van der Waals surface area contributed by atoms with Gasteiger partial charge in [-0.15, -0.1) is 0 Å². The Bertz CT molecular complexity index is 790. The molecule has 4 aliphatic rings. The summed E-state index contributed by atoms with van der Waals surface area (Å²) in [6.07, 6.45) is 13.0. The van der Waals surface area contributed by atoms with E-state index >= 15 is 0 Å². The van der Waals surface area contributed by atoms with E-state index in [0.29, 0.717) is 41.9 Å². The van der Waals surface area contributed by atoms with E-state index in [9.17, 15) is 9.90 Å². The summed E-state index contributed by atoms with van der Waals surface area (Å²) < 4.78 is 5.86. The Hall–Kier alpha value is -1.35. The summed E-state index contributed by atoms with van der Waals surface area (Å²) in [5, 5.41) is 11.4. The maximum absolute atomic E-state index is 12.1. The van der Waals surface area contributed by atoms with Gasteiger partial charge in [0.2, 0.25) is 0 Å². The van der Waals surface area contributed by atoms with Crippen molar-refractivity contribution in [1.82, 2.24) is 0 Å². The highest BCUT2D eigenvalue weighted by atomic mass is 16.5. The summed E-state index contributed by atoms with van der Waals surface area (Å²) in [5.74, 6) is 3.45. The van der Waals surface area contributed by atoms with Crippen molar-refractivity contribution >= 4 is 5.97 Å². The Morgan fingerprint density at radius 2 is 1.94 bits per heavy atom. The van der Waals surface area contributed by atoms with Crippen LogP contribution >= 0.6 is 0 Å². The number of rotatable bonds is 4. The standard InChI is InChI=1S/C28H42O3/c1-16(2)17(3)10-11-18(4)22-12-13-23-21-14-25-20(8-7-9-26(30)31-25)19(5)27(21)24(29)15-28(22,23)6/h7-8,10-11,16-18,21-25,27,29H,9,12-15H2,1-6H3/b11-10+/t17-,18+,21?,22+,23?,24+,25+,27?,28+/m0/s1. The van der Waals surface area contributed by atoms with Gasteiger partial charge in [-0.1, -0.05) is 64.5 Å². The van der Waals surface area contributed by atoms with Crippen LogP contribution in [0.3, 0.4) is 0 Å². The fraction of sp³-hybridized carbons (Fsp3) is 0.750. The van der Waals surface area contributed by atoms with Crippen LogP contribution in [-0.2, 0) is 9.53 Å². The number of ether oxygens (including phenoxy) is 1. The number of aliphatic hydroxyl groups is 1. The van der Waals surface area contributed by atoms with Crippen molar-refractivity contribution in [2.75, 3.05) is 0 Å². The predicted molar refractivity (Wildman–Crippen MR) is 125 cm³/mol. The molecule has 2 saturated carbocycles. The van der Waals surface area contributed by atoms with Crippen molar-refractivity contribution in [2.45, 2.75) is 85.9 Å². The van der Waals surface area contributed by atoms with Crippen LogP contribution < -0.4 is 0 Å². The SMILES string of the molecule is CC1=C2C=CCC(=O)O[C@@H]2CC2C1[C@H](O)C[C@@]1(C)C2CC[C@@H]1[C@H](C)/C=C/[C@H](C)C(C)C. The van der Waals surface area contributed by atoms with Crippen molar-refractivity contribution in [2.24, 2.45) is 46.8 Å². The average Bonchev–Trinajstić information content (AvgIpc) is 2.92. The van der Waals surface area contributed by atoms with E-state index in [2.05, 4.69) is 59.8 Å². The molecule has 31 heavy (non-hydrogen) atoms. The molecule has 0 aromatic carbocycles. The summed E-state index contributed by atoms with van der Waals surface area (Å²) in [7, 11) is 0. The first-order valence-corrected chi connectivity index (χ1v) is 12.6. The van der Waals surface area contributed by atoms with Crippen LogP contribution in [-0.4, -0.2) is 23.3 Å². The summed E-state index contributed by atoms with van der Waals surface area (Å²) >= 11 is 0. The van der Waals surface area contributed by atoms with Crippen molar-refractivity contribution < 1.29 is 14.6 Å². The normalized spacial score (nSPS) is 42.1. The van der Waals surface area contributed by atoms with E-state index in [0.717, 1.165) is 18.4 Å². The van der Waals surface area contributed by atoms with E-state index in [1.807, 2.05) is 6.08 Å².